The number of amides is 1. The summed E-state index contributed by atoms with van der Waals surface area (Å²) in [6.45, 7) is 0.639. The highest BCUT2D eigenvalue weighted by Gasteiger charge is 2.18. The number of rotatable bonds is 8. The number of benzene rings is 3. The van der Waals surface area contributed by atoms with Gasteiger partial charge in [-0.25, -0.2) is 8.42 Å². The molecule has 0 atom stereocenters. The van der Waals surface area contributed by atoms with Gasteiger partial charge in [0, 0.05) is 23.7 Å². The van der Waals surface area contributed by atoms with Crippen LogP contribution in [0.15, 0.2) is 71.6 Å². The molecule has 1 amide bonds. The van der Waals surface area contributed by atoms with E-state index in [0.717, 1.165) is 0 Å². The quantitative estimate of drug-likeness (QED) is 0.446. The van der Waals surface area contributed by atoms with Crippen molar-refractivity contribution in [3.05, 3.63) is 82.3 Å². The third kappa shape index (κ3) is 5.89. The van der Waals surface area contributed by atoms with Crippen molar-refractivity contribution in [3.8, 4) is 11.5 Å². The van der Waals surface area contributed by atoms with Crippen LogP contribution in [0.4, 0.5) is 5.69 Å². The van der Waals surface area contributed by atoms with Gasteiger partial charge in [0.05, 0.1) is 15.6 Å². The number of halogens is 2. The lowest BCUT2D eigenvalue weighted by Crippen LogP contribution is -2.29. The minimum atomic E-state index is -3.94. The van der Waals surface area contributed by atoms with E-state index < -0.39 is 10.0 Å². The van der Waals surface area contributed by atoms with Gasteiger partial charge in [-0.2, -0.15) is 0 Å². The minimum Gasteiger partial charge on any atom is -0.454 e. The van der Waals surface area contributed by atoms with Crippen molar-refractivity contribution in [2.24, 2.45) is 5.73 Å². The summed E-state index contributed by atoms with van der Waals surface area (Å²) in [5.74, 6) is 0.250. The summed E-state index contributed by atoms with van der Waals surface area (Å²) in [7, 11) is -3.94. The van der Waals surface area contributed by atoms with Crippen molar-refractivity contribution < 1.29 is 17.9 Å². The SMILES string of the molecule is NCCNC(=O)c1ccc(S(=O)(=O)Nc2ccccc2Oc2ccc(Cl)cc2Cl)cc1. The Morgan fingerprint density at radius 3 is 2.35 bits per heavy atom. The summed E-state index contributed by atoms with van der Waals surface area (Å²) in [4.78, 5) is 11.9. The maximum Gasteiger partial charge on any atom is 0.262 e. The molecular weight excluding hydrogens is 461 g/mol. The molecule has 0 aliphatic carbocycles. The molecule has 3 aromatic carbocycles. The molecule has 0 spiro atoms. The first-order valence-electron chi connectivity index (χ1n) is 9.13. The fourth-order valence-corrected chi connectivity index (χ4v) is 4.11. The third-order valence-electron chi connectivity index (χ3n) is 4.10. The van der Waals surface area contributed by atoms with E-state index in [1.807, 2.05) is 0 Å². The molecule has 0 unspecified atom stereocenters. The number of carbonyl (C=O) groups is 1. The molecule has 162 valence electrons. The predicted octanol–water partition coefficient (Wildman–Crippen LogP) is 4.28. The molecule has 0 bridgehead atoms. The predicted molar refractivity (Wildman–Crippen MR) is 122 cm³/mol. The van der Waals surface area contributed by atoms with E-state index >= 15 is 0 Å². The average molecular weight is 480 g/mol. The molecule has 0 heterocycles. The molecule has 0 aliphatic heterocycles. The second kappa shape index (κ2) is 10.0. The lowest BCUT2D eigenvalue weighted by atomic mass is 10.2. The largest absolute Gasteiger partial charge is 0.454 e. The molecule has 31 heavy (non-hydrogen) atoms. The van der Waals surface area contributed by atoms with Gasteiger partial charge in [-0.05, 0) is 54.6 Å². The lowest BCUT2D eigenvalue weighted by molar-refractivity contribution is 0.0954. The van der Waals surface area contributed by atoms with Gasteiger partial charge in [-0.1, -0.05) is 35.3 Å². The topological polar surface area (TPSA) is 111 Å². The molecule has 0 aliphatic rings. The molecule has 7 nitrogen and oxygen atoms in total. The molecular formula is C21H19Cl2N3O4S. The standard InChI is InChI=1S/C21H19Cl2N3O4S/c22-15-7-10-19(17(23)13-15)30-20-4-2-1-3-18(20)26-31(28,29)16-8-5-14(6-9-16)21(27)25-12-11-24/h1-10,13,26H,11-12,24H2,(H,25,27). The number of hydrogen-bond donors (Lipinski definition) is 3. The van der Waals surface area contributed by atoms with Gasteiger partial charge in [-0.15, -0.1) is 0 Å². The number of carbonyl (C=O) groups excluding carboxylic acids is 1. The van der Waals surface area contributed by atoms with Crippen molar-refractivity contribution in [3.63, 3.8) is 0 Å². The van der Waals surface area contributed by atoms with E-state index in [-0.39, 0.29) is 27.3 Å². The first kappa shape index (κ1) is 22.9. The van der Waals surface area contributed by atoms with Crippen molar-refractivity contribution in [2.75, 3.05) is 17.8 Å². The van der Waals surface area contributed by atoms with E-state index in [9.17, 15) is 13.2 Å². The van der Waals surface area contributed by atoms with E-state index in [1.165, 1.54) is 30.3 Å². The number of nitrogens with one attached hydrogen (secondary N) is 2. The first-order chi connectivity index (χ1) is 14.8. The smallest absolute Gasteiger partial charge is 0.262 e. The van der Waals surface area contributed by atoms with Crippen LogP contribution in [0.3, 0.4) is 0 Å². The summed E-state index contributed by atoms with van der Waals surface area (Å²) in [6.07, 6.45) is 0. The first-order valence-corrected chi connectivity index (χ1v) is 11.4. The van der Waals surface area contributed by atoms with Crippen LogP contribution in [0.1, 0.15) is 10.4 Å². The molecule has 3 aromatic rings. The Labute approximate surface area is 190 Å². The van der Waals surface area contributed by atoms with Crippen LogP contribution in [-0.2, 0) is 10.0 Å². The Balaban J connectivity index is 1.81. The van der Waals surface area contributed by atoms with Gasteiger partial charge in [0.25, 0.3) is 15.9 Å². The highest BCUT2D eigenvalue weighted by Crippen LogP contribution is 2.35. The van der Waals surface area contributed by atoms with Crippen LogP contribution in [0.5, 0.6) is 11.5 Å². The highest BCUT2D eigenvalue weighted by molar-refractivity contribution is 7.92. The average Bonchev–Trinajstić information content (AvgIpc) is 2.75. The van der Waals surface area contributed by atoms with Gasteiger partial charge in [0.2, 0.25) is 0 Å². The maximum atomic E-state index is 12.8. The number of para-hydroxylation sites is 2. The molecule has 0 aromatic heterocycles. The lowest BCUT2D eigenvalue weighted by Gasteiger charge is -2.14. The van der Waals surface area contributed by atoms with Gasteiger partial charge >= 0.3 is 0 Å². The van der Waals surface area contributed by atoms with Crippen LogP contribution in [0, 0.1) is 0 Å². The van der Waals surface area contributed by atoms with Gasteiger partial charge in [0.1, 0.15) is 5.75 Å². The second-order valence-corrected chi connectivity index (χ2v) is 8.87. The van der Waals surface area contributed by atoms with Crippen molar-refractivity contribution in [2.45, 2.75) is 4.90 Å². The zero-order chi connectivity index (χ0) is 22.4. The van der Waals surface area contributed by atoms with Crippen molar-refractivity contribution in [1.29, 1.82) is 0 Å². The normalized spacial score (nSPS) is 11.1. The Morgan fingerprint density at radius 1 is 0.968 bits per heavy atom. The third-order valence-corrected chi connectivity index (χ3v) is 6.01. The van der Waals surface area contributed by atoms with Crippen molar-refractivity contribution in [1.82, 2.24) is 5.32 Å². The van der Waals surface area contributed by atoms with Crippen LogP contribution in [-0.4, -0.2) is 27.4 Å². The zero-order valence-corrected chi connectivity index (χ0v) is 18.5. The monoisotopic (exact) mass is 479 g/mol. The second-order valence-electron chi connectivity index (χ2n) is 6.35. The van der Waals surface area contributed by atoms with Crippen LogP contribution >= 0.6 is 23.2 Å². The number of anilines is 1. The van der Waals surface area contributed by atoms with Crippen molar-refractivity contribution >= 4 is 44.8 Å². The number of nitrogens with two attached hydrogens (primary N) is 1. The van der Waals surface area contributed by atoms with Crippen LogP contribution in [0.2, 0.25) is 10.0 Å². The fourth-order valence-electron chi connectivity index (χ4n) is 2.59. The summed E-state index contributed by atoms with van der Waals surface area (Å²) < 4.78 is 34.0. The molecule has 0 radical (unpaired) electrons. The van der Waals surface area contributed by atoms with Gasteiger partial charge in [-0.3, -0.25) is 9.52 Å². The zero-order valence-electron chi connectivity index (χ0n) is 16.1. The van der Waals surface area contributed by atoms with E-state index in [1.54, 1.807) is 36.4 Å². The van der Waals surface area contributed by atoms with Crippen LogP contribution < -0.4 is 20.5 Å². The fraction of sp³-hybridized carbons (Fsp3) is 0.0952. The van der Waals surface area contributed by atoms with Crippen LogP contribution in [0.25, 0.3) is 0 Å². The van der Waals surface area contributed by atoms with E-state index in [2.05, 4.69) is 10.0 Å². The molecule has 0 saturated carbocycles. The molecule has 10 heteroatoms. The molecule has 0 fully saturated rings. The Kier molecular flexibility index (Phi) is 7.40. The summed E-state index contributed by atoms with van der Waals surface area (Å²) in [5, 5.41) is 3.36. The molecule has 3 rings (SSSR count). The Morgan fingerprint density at radius 2 is 1.68 bits per heavy atom. The van der Waals surface area contributed by atoms with Gasteiger partial charge < -0.3 is 15.8 Å². The van der Waals surface area contributed by atoms with E-state index in [4.69, 9.17) is 33.7 Å². The summed E-state index contributed by atoms with van der Waals surface area (Å²) in [6, 6.07) is 16.8. The van der Waals surface area contributed by atoms with E-state index in [0.29, 0.717) is 29.4 Å². The number of ether oxygens (including phenoxy) is 1. The summed E-state index contributed by atoms with van der Waals surface area (Å²) >= 11 is 12.0. The molecule has 0 saturated heterocycles. The Hall–Kier alpha value is -2.78. The summed E-state index contributed by atoms with van der Waals surface area (Å²) in [5.41, 5.74) is 5.91. The highest BCUT2D eigenvalue weighted by atomic mass is 35.5. The Bertz CT molecular complexity index is 1190. The number of hydrogen-bond acceptors (Lipinski definition) is 5. The maximum absolute atomic E-state index is 12.8. The molecule has 4 N–H and O–H groups in total. The minimum absolute atomic E-state index is 0.0118. The van der Waals surface area contributed by atoms with Gasteiger partial charge in [0.15, 0.2) is 5.75 Å². The number of sulfonamides is 1.